The van der Waals surface area contributed by atoms with Gasteiger partial charge < -0.3 is 15.7 Å². The second-order valence-electron chi connectivity index (χ2n) is 5.65. The van der Waals surface area contributed by atoms with E-state index in [1.165, 1.54) is 0 Å². The molecule has 102 valence electrons. The van der Waals surface area contributed by atoms with Gasteiger partial charge >= 0.3 is 0 Å². The second-order valence-corrected chi connectivity index (χ2v) is 5.65. The van der Waals surface area contributed by atoms with Crippen LogP contribution < -0.4 is 10.6 Å². The zero-order chi connectivity index (χ0) is 14.1. The lowest BCUT2D eigenvalue weighted by Gasteiger charge is -2.38. The van der Waals surface area contributed by atoms with Crippen molar-refractivity contribution in [1.82, 2.24) is 9.97 Å². The van der Waals surface area contributed by atoms with Gasteiger partial charge in [-0.15, -0.1) is 0 Å². The van der Waals surface area contributed by atoms with E-state index in [9.17, 15) is 5.11 Å². The normalized spacial score (nSPS) is 12.4. The summed E-state index contributed by atoms with van der Waals surface area (Å²) in [4.78, 5) is 8.73. The van der Waals surface area contributed by atoms with Gasteiger partial charge in [0.2, 0.25) is 0 Å². The van der Waals surface area contributed by atoms with Gasteiger partial charge in [0.15, 0.2) is 0 Å². The molecule has 1 rings (SSSR count). The van der Waals surface area contributed by atoms with Gasteiger partial charge in [0.25, 0.3) is 0 Å². The van der Waals surface area contributed by atoms with E-state index in [0.29, 0.717) is 5.82 Å². The van der Waals surface area contributed by atoms with E-state index in [1.807, 2.05) is 34.7 Å². The number of nitrogens with one attached hydrogen (secondary N) is 2. The number of aliphatic hydroxyl groups is 1. The summed E-state index contributed by atoms with van der Waals surface area (Å²) in [5.74, 6) is 2.24. The quantitative estimate of drug-likeness (QED) is 0.765. The molecule has 0 unspecified atom stereocenters. The fourth-order valence-corrected chi connectivity index (χ4v) is 1.44. The van der Waals surface area contributed by atoms with Gasteiger partial charge in [0.1, 0.15) is 17.5 Å². The Morgan fingerprint density at radius 3 is 1.94 bits per heavy atom. The molecule has 0 aliphatic carbocycles. The minimum Gasteiger partial charge on any atom is -0.388 e. The predicted molar refractivity (Wildman–Crippen MR) is 75.1 cm³/mol. The van der Waals surface area contributed by atoms with Crippen molar-refractivity contribution in [2.45, 2.75) is 52.7 Å². The van der Waals surface area contributed by atoms with Crippen molar-refractivity contribution >= 4 is 11.6 Å². The second kappa shape index (κ2) is 4.72. The number of rotatable bonds is 4. The smallest absolute Gasteiger partial charge is 0.135 e. The lowest BCUT2D eigenvalue weighted by Crippen LogP contribution is -2.51. The molecule has 0 aromatic carbocycles. The zero-order valence-electron chi connectivity index (χ0n) is 12.3. The highest BCUT2D eigenvalue weighted by atomic mass is 16.3. The Bertz CT molecular complexity index is 435. The molecule has 1 aromatic heterocycles. The summed E-state index contributed by atoms with van der Waals surface area (Å²) in [6.45, 7) is 11.3. The van der Waals surface area contributed by atoms with Crippen LogP contribution in [0.25, 0.3) is 0 Å². The molecule has 0 spiro atoms. The molecule has 0 amide bonds. The standard InChI is InChI=1S/C13H24N4O/c1-8-10(14-7)15-9(2)16-11(8)17-12(3,4)13(5,6)18/h18H,1-7H3,(H2,14,15,16,17). The summed E-state index contributed by atoms with van der Waals surface area (Å²) < 4.78 is 0. The third-order valence-electron chi connectivity index (χ3n) is 3.45. The van der Waals surface area contributed by atoms with Crippen LogP contribution in [-0.4, -0.2) is 33.3 Å². The molecule has 0 fully saturated rings. The van der Waals surface area contributed by atoms with E-state index in [1.54, 1.807) is 13.8 Å². The molecule has 0 atom stereocenters. The van der Waals surface area contributed by atoms with Gasteiger partial charge in [-0.25, -0.2) is 9.97 Å². The van der Waals surface area contributed by atoms with Gasteiger partial charge in [-0.05, 0) is 41.5 Å². The zero-order valence-corrected chi connectivity index (χ0v) is 12.3. The first-order valence-electron chi connectivity index (χ1n) is 6.12. The fourth-order valence-electron chi connectivity index (χ4n) is 1.44. The predicted octanol–water partition coefficient (Wildman–Crippen LogP) is 2.10. The van der Waals surface area contributed by atoms with Gasteiger partial charge in [-0.1, -0.05) is 0 Å². The molecule has 0 aliphatic heterocycles. The van der Waals surface area contributed by atoms with Crippen LogP contribution in [0.4, 0.5) is 11.6 Å². The number of aromatic nitrogens is 2. The molecule has 18 heavy (non-hydrogen) atoms. The summed E-state index contributed by atoms with van der Waals surface area (Å²) in [5.41, 5.74) is -0.415. The molecule has 0 bridgehead atoms. The molecule has 0 aliphatic rings. The van der Waals surface area contributed by atoms with Gasteiger partial charge in [-0.3, -0.25) is 0 Å². The lowest BCUT2D eigenvalue weighted by molar-refractivity contribution is 0.0238. The van der Waals surface area contributed by atoms with Crippen LogP contribution in [0.3, 0.4) is 0 Å². The highest BCUT2D eigenvalue weighted by Gasteiger charge is 2.35. The molecule has 1 heterocycles. The van der Waals surface area contributed by atoms with Crippen LogP contribution in [0.1, 0.15) is 39.1 Å². The van der Waals surface area contributed by atoms with Crippen LogP contribution in [0.5, 0.6) is 0 Å². The van der Waals surface area contributed by atoms with Crippen molar-refractivity contribution in [3.8, 4) is 0 Å². The first kappa shape index (κ1) is 14.7. The van der Waals surface area contributed by atoms with Crippen molar-refractivity contribution in [1.29, 1.82) is 0 Å². The van der Waals surface area contributed by atoms with E-state index >= 15 is 0 Å². The topological polar surface area (TPSA) is 70.1 Å². The first-order valence-corrected chi connectivity index (χ1v) is 6.12. The maximum atomic E-state index is 10.2. The van der Waals surface area contributed by atoms with Crippen molar-refractivity contribution in [3.05, 3.63) is 11.4 Å². The highest BCUT2D eigenvalue weighted by molar-refractivity contribution is 5.58. The van der Waals surface area contributed by atoms with Crippen LogP contribution in [0.2, 0.25) is 0 Å². The SMILES string of the molecule is CNc1nc(C)nc(NC(C)(C)C(C)(C)O)c1C. The molecule has 0 radical (unpaired) electrons. The number of anilines is 2. The Kier molecular flexibility index (Phi) is 3.86. The van der Waals surface area contributed by atoms with Crippen LogP contribution in [0.15, 0.2) is 0 Å². The van der Waals surface area contributed by atoms with E-state index < -0.39 is 11.1 Å². The van der Waals surface area contributed by atoms with Crippen LogP contribution in [-0.2, 0) is 0 Å². The van der Waals surface area contributed by atoms with E-state index in [-0.39, 0.29) is 0 Å². The Labute approximate surface area is 109 Å². The monoisotopic (exact) mass is 252 g/mol. The maximum absolute atomic E-state index is 10.2. The largest absolute Gasteiger partial charge is 0.388 e. The molecular weight excluding hydrogens is 228 g/mol. The number of nitrogens with zero attached hydrogens (tertiary/aromatic N) is 2. The van der Waals surface area contributed by atoms with Gasteiger partial charge in [0, 0.05) is 12.6 Å². The van der Waals surface area contributed by atoms with Crippen molar-refractivity contribution in [2.24, 2.45) is 0 Å². The maximum Gasteiger partial charge on any atom is 0.135 e. The van der Waals surface area contributed by atoms with E-state index in [4.69, 9.17) is 0 Å². The third kappa shape index (κ3) is 2.90. The van der Waals surface area contributed by atoms with Crippen molar-refractivity contribution in [2.75, 3.05) is 17.7 Å². The van der Waals surface area contributed by atoms with Crippen LogP contribution >= 0.6 is 0 Å². The highest BCUT2D eigenvalue weighted by Crippen LogP contribution is 2.28. The Morgan fingerprint density at radius 1 is 1.00 bits per heavy atom. The fraction of sp³-hybridized carbons (Fsp3) is 0.692. The molecule has 3 N–H and O–H groups in total. The molecule has 5 nitrogen and oxygen atoms in total. The number of hydrogen-bond acceptors (Lipinski definition) is 5. The van der Waals surface area contributed by atoms with Gasteiger partial charge in [-0.2, -0.15) is 0 Å². The summed E-state index contributed by atoms with van der Waals surface area (Å²) in [6.07, 6.45) is 0. The summed E-state index contributed by atoms with van der Waals surface area (Å²) >= 11 is 0. The average Bonchev–Trinajstić information content (AvgIpc) is 2.20. The molecule has 0 saturated heterocycles. The minimum atomic E-state index is -0.863. The Balaban J connectivity index is 3.16. The van der Waals surface area contributed by atoms with E-state index in [0.717, 1.165) is 17.2 Å². The Hall–Kier alpha value is -1.36. The lowest BCUT2D eigenvalue weighted by atomic mass is 9.86. The number of aryl methyl sites for hydroxylation is 1. The Morgan fingerprint density at radius 2 is 1.50 bits per heavy atom. The molecule has 0 saturated carbocycles. The average molecular weight is 252 g/mol. The first-order chi connectivity index (χ1) is 8.08. The van der Waals surface area contributed by atoms with E-state index in [2.05, 4.69) is 20.6 Å². The number of hydrogen-bond donors (Lipinski definition) is 3. The molecular formula is C13H24N4O. The van der Waals surface area contributed by atoms with Crippen LogP contribution in [0, 0.1) is 13.8 Å². The van der Waals surface area contributed by atoms with Gasteiger partial charge in [0.05, 0.1) is 11.1 Å². The summed E-state index contributed by atoms with van der Waals surface area (Å²) in [7, 11) is 1.83. The molecule has 5 heteroatoms. The summed E-state index contributed by atoms with van der Waals surface area (Å²) in [5, 5.41) is 16.5. The molecule has 1 aromatic rings. The summed E-state index contributed by atoms with van der Waals surface area (Å²) in [6, 6.07) is 0. The third-order valence-corrected chi connectivity index (χ3v) is 3.45. The van der Waals surface area contributed by atoms with Crippen molar-refractivity contribution < 1.29 is 5.11 Å². The van der Waals surface area contributed by atoms with Crippen molar-refractivity contribution in [3.63, 3.8) is 0 Å². The minimum absolute atomic E-state index is 0.496.